The molecule has 10 nitrogen and oxygen atoms in total. The quantitative estimate of drug-likeness (QED) is 0.634. The molecule has 0 saturated carbocycles. The summed E-state index contributed by atoms with van der Waals surface area (Å²) in [5.41, 5.74) is 0.411. The van der Waals surface area contributed by atoms with E-state index >= 15 is 0 Å². The summed E-state index contributed by atoms with van der Waals surface area (Å²) in [6, 6.07) is 4.04. The zero-order valence-corrected chi connectivity index (χ0v) is 16.6. The van der Waals surface area contributed by atoms with E-state index in [1.807, 2.05) is 0 Å². The van der Waals surface area contributed by atoms with E-state index in [1.165, 1.54) is 30.3 Å². The fourth-order valence-electron chi connectivity index (χ4n) is 2.94. The highest BCUT2D eigenvalue weighted by Crippen LogP contribution is 2.30. The monoisotopic (exact) mass is 459 g/mol. The van der Waals surface area contributed by atoms with E-state index in [9.17, 15) is 31.2 Å². The maximum Gasteiger partial charge on any atom is 0.573 e. The van der Waals surface area contributed by atoms with Crippen LogP contribution in [0.1, 0.15) is 12.5 Å². The van der Waals surface area contributed by atoms with Crippen LogP contribution in [-0.2, 0) is 21.5 Å². The van der Waals surface area contributed by atoms with Crippen molar-refractivity contribution in [3.8, 4) is 5.75 Å². The van der Waals surface area contributed by atoms with Gasteiger partial charge in [0, 0.05) is 6.20 Å². The normalized spacial score (nSPS) is 17.3. The molecule has 3 rings (SSSR count). The largest absolute Gasteiger partial charge is 0.573 e. The second kappa shape index (κ2) is 8.03. The number of imide groups is 1. The summed E-state index contributed by atoms with van der Waals surface area (Å²) in [6.45, 7) is 1.31. The third-order valence-corrected chi connectivity index (χ3v) is 4.82. The zero-order valence-electron chi connectivity index (χ0n) is 15.8. The van der Waals surface area contributed by atoms with Crippen molar-refractivity contribution in [3.63, 3.8) is 0 Å². The molecular weight excluding hydrogens is 443 g/mol. The number of hydrogen-bond donors (Lipinski definition) is 2. The van der Waals surface area contributed by atoms with Crippen LogP contribution in [0.5, 0.6) is 5.75 Å². The standard InChI is InChI=1S/C17H16F3N5O5S/c1-10-15(26)25(12-2-4-13(5-3-12)30-17(18,19)20)16(27)24(10)9-11-6-7-22-8-14(11)23-31(21,28)29/h2-8,10,23H,9H2,1H3,(H2,21,28,29). The summed E-state index contributed by atoms with van der Waals surface area (Å²) < 4.78 is 65.5. The first-order valence-corrected chi connectivity index (χ1v) is 10.1. The number of ether oxygens (including phenoxy) is 1. The number of carbonyl (C=O) groups is 2. The van der Waals surface area contributed by atoms with Crippen molar-refractivity contribution in [1.29, 1.82) is 0 Å². The molecular formula is C17H16F3N5O5S. The molecule has 1 fully saturated rings. The minimum absolute atomic E-state index is 0.0320. The average molecular weight is 459 g/mol. The van der Waals surface area contributed by atoms with Gasteiger partial charge in [-0.2, -0.15) is 8.42 Å². The van der Waals surface area contributed by atoms with Gasteiger partial charge in [-0.1, -0.05) is 0 Å². The van der Waals surface area contributed by atoms with Gasteiger partial charge in [-0.05, 0) is 42.8 Å². The van der Waals surface area contributed by atoms with E-state index in [-0.39, 0.29) is 17.9 Å². The molecule has 0 radical (unpaired) electrons. The molecule has 2 heterocycles. The Morgan fingerprint density at radius 2 is 1.84 bits per heavy atom. The Labute approximate surface area is 174 Å². The topological polar surface area (TPSA) is 135 Å². The van der Waals surface area contributed by atoms with Crippen LogP contribution in [0.2, 0.25) is 0 Å². The number of aromatic nitrogens is 1. The van der Waals surface area contributed by atoms with E-state index in [2.05, 4.69) is 14.4 Å². The molecule has 1 unspecified atom stereocenters. The maximum atomic E-state index is 12.9. The van der Waals surface area contributed by atoms with Gasteiger partial charge in [0.2, 0.25) is 0 Å². The van der Waals surface area contributed by atoms with Crippen molar-refractivity contribution in [2.75, 3.05) is 9.62 Å². The molecule has 166 valence electrons. The molecule has 31 heavy (non-hydrogen) atoms. The van der Waals surface area contributed by atoms with Crippen LogP contribution in [0.4, 0.5) is 29.3 Å². The number of hydrogen-bond acceptors (Lipinski definition) is 6. The third-order valence-electron chi connectivity index (χ3n) is 4.32. The van der Waals surface area contributed by atoms with Crippen molar-refractivity contribution in [2.24, 2.45) is 5.14 Å². The van der Waals surface area contributed by atoms with Gasteiger partial charge in [-0.3, -0.25) is 14.5 Å². The number of halogens is 3. The lowest BCUT2D eigenvalue weighted by atomic mass is 10.2. The molecule has 1 aromatic carbocycles. The number of nitrogens with one attached hydrogen (secondary N) is 1. The molecule has 1 aliphatic heterocycles. The van der Waals surface area contributed by atoms with Gasteiger partial charge in [0.15, 0.2) is 0 Å². The third kappa shape index (κ3) is 5.21. The van der Waals surface area contributed by atoms with Gasteiger partial charge in [0.05, 0.1) is 24.1 Å². The number of nitrogens with zero attached hydrogens (tertiary/aromatic N) is 3. The predicted molar refractivity (Wildman–Crippen MR) is 102 cm³/mol. The zero-order chi connectivity index (χ0) is 23.0. The number of amides is 3. The lowest BCUT2D eigenvalue weighted by Gasteiger charge is -2.21. The van der Waals surface area contributed by atoms with Crippen molar-refractivity contribution in [1.82, 2.24) is 9.88 Å². The van der Waals surface area contributed by atoms with Crippen LogP contribution in [0.15, 0.2) is 42.7 Å². The SMILES string of the molecule is CC1C(=O)N(c2ccc(OC(F)(F)F)cc2)C(=O)N1Cc1ccncc1NS(N)(=O)=O. The number of carbonyl (C=O) groups excluding carboxylic acids is 2. The molecule has 0 spiro atoms. The summed E-state index contributed by atoms with van der Waals surface area (Å²) in [5, 5.41) is 4.98. The first-order chi connectivity index (χ1) is 14.4. The van der Waals surface area contributed by atoms with E-state index in [0.29, 0.717) is 5.56 Å². The van der Waals surface area contributed by atoms with Crippen molar-refractivity contribution >= 4 is 33.5 Å². The van der Waals surface area contributed by atoms with E-state index < -0.39 is 40.3 Å². The van der Waals surface area contributed by atoms with Crippen LogP contribution < -0.4 is 19.5 Å². The highest BCUT2D eigenvalue weighted by atomic mass is 32.2. The average Bonchev–Trinajstić information content (AvgIpc) is 2.85. The summed E-state index contributed by atoms with van der Waals surface area (Å²) in [4.78, 5) is 31.3. The molecule has 14 heteroatoms. The van der Waals surface area contributed by atoms with E-state index in [1.54, 1.807) is 0 Å². The van der Waals surface area contributed by atoms with Crippen LogP contribution in [0.3, 0.4) is 0 Å². The Bertz CT molecular complexity index is 1110. The van der Waals surface area contributed by atoms with Gasteiger partial charge in [-0.25, -0.2) is 14.8 Å². The van der Waals surface area contributed by atoms with E-state index in [0.717, 1.165) is 29.2 Å². The summed E-state index contributed by atoms with van der Waals surface area (Å²) in [5.74, 6) is -1.11. The van der Waals surface area contributed by atoms with Crippen molar-refractivity contribution in [2.45, 2.75) is 25.9 Å². The van der Waals surface area contributed by atoms with Gasteiger partial charge < -0.3 is 9.64 Å². The maximum absolute atomic E-state index is 12.9. The van der Waals surface area contributed by atoms with E-state index in [4.69, 9.17) is 5.14 Å². The lowest BCUT2D eigenvalue weighted by Crippen LogP contribution is -2.34. The molecule has 1 aliphatic rings. The first kappa shape index (κ1) is 22.3. The Balaban J connectivity index is 1.83. The second-order valence-electron chi connectivity index (χ2n) is 6.48. The van der Waals surface area contributed by atoms with Gasteiger partial charge in [0.1, 0.15) is 11.8 Å². The fourth-order valence-corrected chi connectivity index (χ4v) is 3.43. The number of rotatable bonds is 6. The number of urea groups is 1. The molecule has 1 atom stereocenters. The fraction of sp³-hybridized carbons (Fsp3) is 0.235. The summed E-state index contributed by atoms with van der Waals surface area (Å²) in [7, 11) is -4.10. The number of benzene rings is 1. The number of alkyl halides is 3. The number of anilines is 2. The molecule has 3 N–H and O–H groups in total. The van der Waals surface area contributed by atoms with Crippen LogP contribution >= 0.6 is 0 Å². The highest BCUT2D eigenvalue weighted by Gasteiger charge is 2.43. The highest BCUT2D eigenvalue weighted by molar-refractivity contribution is 7.90. The van der Waals surface area contributed by atoms with Crippen LogP contribution in [-0.4, -0.2) is 42.6 Å². The molecule has 1 saturated heterocycles. The Morgan fingerprint density at radius 3 is 2.42 bits per heavy atom. The van der Waals surface area contributed by atoms with Crippen molar-refractivity contribution < 1.29 is 35.9 Å². The molecule has 0 bridgehead atoms. The van der Waals surface area contributed by atoms with Crippen molar-refractivity contribution in [3.05, 3.63) is 48.3 Å². The Morgan fingerprint density at radius 1 is 1.19 bits per heavy atom. The predicted octanol–water partition coefficient (Wildman–Crippen LogP) is 1.95. The number of pyridine rings is 1. The molecule has 0 aliphatic carbocycles. The molecule has 1 aromatic heterocycles. The summed E-state index contributed by atoms with van der Waals surface area (Å²) in [6.07, 6.45) is -2.31. The lowest BCUT2D eigenvalue weighted by molar-refractivity contribution is -0.274. The smallest absolute Gasteiger partial charge is 0.406 e. The van der Waals surface area contributed by atoms with Crippen LogP contribution in [0, 0.1) is 0 Å². The Hall–Kier alpha value is -3.39. The van der Waals surface area contributed by atoms with Gasteiger partial charge in [-0.15, -0.1) is 13.2 Å². The summed E-state index contributed by atoms with van der Waals surface area (Å²) >= 11 is 0. The first-order valence-electron chi connectivity index (χ1n) is 8.59. The Kier molecular flexibility index (Phi) is 5.78. The number of nitrogens with two attached hydrogens (primary N) is 1. The minimum Gasteiger partial charge on any atom is -0.406 e. The molecule has 2 aromatic rings. The second-order valence-corrected chi connectivity index (χ2v) is 7.78. The minimum atomic E-state index is -4.88. The van der Waals surface area contributed by atoms with Gasteiger partial charge >= 0.3 is 12.4 Å². The van der Waals surface area contributed by atoms with Gasteiger partial charge in [0.25, 0.3) is 16.1 Å². The molecule has 3 amide bonds. The van der Waals surface area contributed by atoms with Crippen LogP contribution in [0.25, 0.3) is 0 Å².